The van der Waals surface area contributed by atoms with E-state index in [-0.39, 0.29) is 60.5 Å². The summed E-state index contributed by atoms with van der Waals surface area (Å²) in [5, 5.41) is 0. The van der Waals surface area contributed by atoms with E-state index < -0.39 is 54.5 Å². The molecule has 3 nitrogen and oxygen atoms in total. The van der Waals surface area contributed by atoms with Crippen LogP contribution in [0.1, 0.15) is 158 Å². The molecule has 0 radical (unpaired) electrons. The molecule has 7 atom stereocenters. The third-order valence-electron chi connectivity index (χ3n) is 17.8. The third kappa shape index (κ3) is 9.79. The summed E-state index contributed by atoms with van der Waals surface area (Å²) in [6.45, 7) is 2.06. The Morgan fingerprint density at radius 2 is 0.958 bits per heavy atom. The molecule has 5 fully saturated rings. The highest BCUT2D eigenvalue weighted by Crippen LogP contribution is 2.73. The van der Waals surface area contributed by atoms with Crippen LogP contribution >= 0.6 is 0 Å². The molecule has 19 bridgehead atoms. The van der Waals surface area contributed by atoms with Gasteiger partial charge in [-0.2, -0.15) is 0 Å². The van der Waals surface area contributed by atoms with Crippen molar-refractivity contribution in [3.05, 3.63) is 185 Å². The predicted molar refractivity (Wildman–Crippen MR) is 297 cm³/mol. The minimum atomic E-state index is -2.53. The van der Waals surface area contributed by atoms with Gasteiger partial charge in [-0.15, -0.1) is 0 Å². The number of aromatic nitrogens is 3. The minimum Gasteiger partial charge on any atom is -0.256 e. The Balaban J connectivity index is 0.974. The maximum atomic E-state index is 10.4. The van der Waals surface area contributed by atoms with E-state index in [2.05, 4.69) is 61.5 Å². The van der Waals surface area contributed by atoms with E-state index in [9.17, 15) is 16.4 Å². The van der Waals surface area contributed by atoms with Crippen LogP contribution in [-0.2, 0) is 38.4 Å². The molecule has 26 aliphatic rings. The van der Waals surface area contributed by atoms with Gasteiger partial charge in [0, 0.05) is 51.7 Å². The van der Waals surface area contributed by atoms with E-state index in [1.54, 1.807) is 48.8 Å². The second-order valence-electron chi connectivity index (χ2n) is 23.3. The molecule has 5 saturated carbocycles. The van der Waals surface area contributed by atoms with Crippen molar-refractivity contribution in [3.63, 3.8) is 0 Å². The quantitative estimate of drug-likeness (QED) is 0.165. The van der Waals surface area contributed by atoms with E-state index in [0.29, 0.717) is 74.7 Å². The molecule has 7 aromatic rings. The van der Waals surface area contributed by atoms with Crippen molar-refractivity contribution in [3.8, 4) is 44.9 Å². The van der Waals surface area contributed by atoms with Gasteiger partial charge >= 0.3 is 0 Å². The fourth-order valence-electron chi connectivity index (χ4n) is 14.7. The lowest BCUT2D eigenvalue weighted by Crippen LogP contribution is -2.57. The lowest BCUT2D eigenvalue weighted by Gasteiger charge is -2.67. The molecular weight excluding hydrogens is 871 g/mol. The van der Waals surface area contributed by atoms with Crippen molar-refractivity contribution in [1.82, 2.24) is 15.0 Å². The van der Waals surface area contributed by atoms with Crippen molar-refractivity contribution < 1.29 is 16.4 Å². The van der Waals surface area contributed by atoms with Crippen molar-refractivity contribution >= 4 is 0 Å². The highest BCUT2D eigenvalue weighted by atomic mass is 14.7. The minimum absolute atomic E-state index is 0.00667. The van der Waals surface area contributed by atoms with Gasteiger partial charge in [-0.3, -0.25) is 15.0 Å². The van der Waals surface area contributed by atoms with Crippen LogP contribution in [0, 0.1) is 46.8 Å². The van der Waals surface area contributed by atoms with E-state index in [1.165, 1.54) is 0 Å². The van der Waals surface area contributed by atoms with Crippen LogP contribution in [0.4, 0.5) is 0 Å². The number of aryl methyl sites for hydroxylation is 7. The number of hydrogen-bond acceptors (Lipinski definition) is 3. The fourth-order valence-corrected chi connectivity index (χ4v) is 14.7. The van der Waals surface area contributed by atoms with Crippen LogP contribution in [0.3, 0.4) is 0 Å². The standard InChI is InChI=1S/C69H75N3/c1-48-5-18-58(19-6-48)63-38-66-61-24-13-51(14-25-61)31-34-69-41-57-39-67(46-69)32-29-49-9-20-59(21-10-49)64-27-16-52(42-70-64)3-2-4-54-35-55(37-56(36-54)15-26-62(63)44-72-66)8-7-53-17-28-65(71-43-53)60-22-11-50(12-23-60)30-33-68(40-57,45-67)47-69/h5-6,9-14,16-25,27-28,38,42-44,54-57H,2-4,7-8,15,26,29-37,39-41,45-47H2,1H3/i2D2,8D2,29D2,31D2,32D2,34D2. The van der Waals surface area contributed by atoms with Crippen LogP contribution in [0.2, 0.25) is 0 Å². The zero-order chi connectivity index (χ0) is 58.9. The molecule has 33 rings (SSSR count). The fraction of sp³-hybridized carbons (Fsp3) is 0.435. The first-order valence-electron chi connectivity index (χ1n) is 33.0. The summed E-state index contributed by atoms with van der Waals surface area (Å²) in [7, 11) is 0. The van der Waals surface area contributed by atoms with Crippen LogP contribution in [0.5, 0.6) is 0 Å². The van der Waals surface area contributed by atoms with E-state index in [0.717, 1.165) is 75.0 Å². The van der Waals surface area contributed by atoms with Gasteiger partial charge in [-0.1, -0.05) is 121 Å². The Morgan fingerprint density at radius 1 is 0.444 bits per heavy atom. The Bertz CT molecular complexity index is 3570. The summed E-state index contributed by atoms with van der Waals surface area (Å²) in [6, 6.07) is 40.4. The van der Waals surface area contributed by atoms with Crippen molar-refractivity contribution in [2.24, 2.45) is 39.9 Å². The van der Waals surface area contributed by atoms with Gasteiger partial charge in [-0.05, 0) is 244 Å². The summed E-state index contributed by atoms with van der Waals surface area (Å²) in [5.41, 5.74) is 8.34. The summed E-state index contributed by atoms with van der Waals surface area (Å²) in [5.74, 6) is -0.453. The molecular formula is C69H75N3. The van der Waals surface area contributed by atoms with E-state index >= 15 is 0 Å². The molecule has 17 heterocycles. The number of nitrogens with zero attached hydrogens (tertiary/aromatic N) is 3. The molecule has 366 valence electrons. The lowest BCUT2D eigenvalue weighted by molar-refractivity contribution is -0.166. The molecule has 12 aliphatic carbocycles. The SMILES string of the molecule is [2H]C1([2H])Cc2ccc(nc2)-c2ccc(cc2)C([2H])([2H])C([2H])([2H])C23CC4CC5(CCc6ccc(cc6)-c6ccc(cn6)CC([2H])([2H])C6CC(CCc7cnc(cc7-c7ccc(C)cc7)-c7ccc(cc7)C([2H])([2H])C([2H])([2H])C(C4)(C5)C2)CC(C6)C1)C3. The van der Waals surface area contributed by atoms with Crippen LogP contribution < -0.4 is 0 Å². The zero-order valence-electron chi connectivity index (χ0n) is 53.8. The average molecular weight is 958 g/mol. The summed E-state index contributed by atoms with van der Waals surface area (Å²) >= 11 is 0. The van der Waals surface area contributed by atoms with Crippen LogP contribution in [0.25, 0.3) is 44.9 Å². The number of hydrogen-bond donors (Lipinski definition) is 0. The summed E-state index contributed by atoms with van der Waals surface area (Å²) in [4.78, 5) is 14.7. The lowest BCUT2D eigenvalue weighted by atomic mass is 9.37. The third-order valence-corrected chi connectivity index (χ3v) is 17.8. The smallest absolute Gasteiger partial charge is 0.0708 e. The Hall–Kier alpha value is -5.67. The molecule has 0 N–H and O–H groups in total. The predicted octanol–water partition coefficient (Wildman–Crippen LogP) is 17.3. The maximum Gasteiger partial charge on any atom is 0.0708 e. The highest BCUT2D eigenvalue weighted by Gasteiger charge is 2.62. The van der Waals surface area contributed by atoms with Crippen molar-refractivity contribution in [2.75, 3.05) is 0 Å². The molecule has 3 heteroatoms. The molecule has 7 unspecified atom stereocenters. The summed E-state index contributed by atoms with van der Waals surface area (Å²) in [6.07, 6.45) is -0.368. The number of benzene rings is 4. The largest absolute Gasteiger partial charge is 0.256 e. The van der Waals surface area contributed by atoms with Crippen molar-refractivity contribution in [1.29, 1.82) is 0 Å². The molecule has 0 saturated heterocycles. The molecule has 72 heavy (non-hydrogen) atoms. The monoisotopic (exact) mass is 958 g/mol. The van der Waals surface area contributed by atoms with Gasteiger partial charge in [0.15, 0.2) is 0 Å². The maximum absolute atomic E-state index is 10.4. The number of pyridine rings is 3. The van der Waals surface area contributed by atoms with Gasteiger partial charge in [-0.25, -0.2) is 0 Å². The molecule has 14 aliphatic heterocycles. The number of rotatable bonds is 1. The molecule has 3 aromatic heterocycles. The molecule has 4 aromatic carbocycles. The first-order valence-corrected chi connectivity index (χ1v) is 27.0. The second-order valence-corrected chi connectivity index (χ2v) is 23.3. The van der Waals surface area contributed by atoms with Gasteiger partial charge in [0.1, 0.15) is 0 Å². The van der Waals surface area contributed by atoms with E-state index in [1.807, 2.05) is 42.6 Å². The Morgan fingerprint density at radius 3 is 1.58 bits per heavy atom. The Kier molecular flexibility index (Phi) is 9.30. The normalized spacial score (nSPS) is 34.8. The van der Waals surface area contributed by atoms with Gasteiger partial charge in [0.2, 0.25) is 0 Å². The zero-order valence-corrected chi connectivity index (χ0v) is 41.8. The Labute approximate surface area is 447 Å². The van der Waals surface area contributed by atoms with E-state index in [4.69, 9.17) is 15.0 Å². The topological polar surface area (TPSA) is 38.7 Å². The van der Waals surface area contributed by atoms with Crippen molar-refractivity contribution in [2.45, 2.75) is 148 Å². The first kappa shape index (κ1) is 34.7. The first-order chi connectivity index (χ1) is 39.8. The molecule has 3 spiro atoms. The summed E-state index contributed by atoms with van der Waals surface area (Å²) < 4.78 is 120. The average Bonchev–Trinajstić information content (AvgIpc) is 0.720. The van der Waals surface area contributed by atoms with Gasteiger partial charge in [0.05, 0.1) is 17.1 Å². The van der Waals surface area contributed by atoms with Gasteiger partial charge < -0.3 is 0 Å². The second kappa shape index (κ2) is 19.3. The van der Waals surface area contributed by atoms with Crippen LogP contribution in [-0.4, -0.2) is 15.0 Å². The highest BCUT2D eigenvalue weighted by molar-refractivity contribution is 5.73. The van der Waals surface area contributed by atoms with Crippen LogP contribution in [0.15, 0.2) is 146 Å². The molecule has 0 amide bonds. The van der Waals surface area contributed by atoms with Gasteiger partial charge in [0.25, 0.3) is 0 Å².